The molecule has 0 radical (unpaired) electrons. The standard InChI is InChI=1S/C20H15FN4O/c21-16-8-1-2-9-18(16)25-17-10-4-7-15(17)19(24-25)20(26)23-14-6-3-5-13(11-14)12-22/h1-3,5-6,8-9,11H,4,7,10H2,(H,23,26). The normalized spacial score (nSPS) is 12.5. The van der Waals surface area contributed by atoms with Gasteiger partial charge in [-0.15, -0.1) is 0 Å². The molecule has 0 aliphatic heterocycles. The molecule has 1 aromatic heterocycles. The summed E-state index contributed by atoms with van der Waals surface area (Å²) in [7, 11) is 0. The van der Waals surface area contributed by atoms with Crippen LogP contribution in [0.25, 0.3) is 5.69 Å². The van der Waals surface area contributed by atoms with Gasteiger partial charge in [0.25, 0.3) is 5.91 Å². The maximum atomic E-state index is 14.2. The number of anilines is 1. The first-order chi connectivity index (χ1) is 12.7. The topological polar surface area (TPSA) is 70.7 Å². The minimum atomic E-state index is -0.377. The number of halogens is 1. The maximum absolute atomic E-state index is 14.2. The molecule has 4 rings (SSSR count). The van der Waals surface area contributed by atoms with Crippen LogP contribution in [0.3, 0.4) is 0 Å². The number of hydrogen-bond donors (Lipinski definition) is 1. The first kappa shape index (κ1) is 16.0. The highest BCUT2D eigenvalue weighted by molar-refractivity contribution is 6.04. The smallest absolute Gasteiger partial charge is 0.276 e. The SMILES string of the molecule is N#Cc1cccc(NC(=O)c2nn(-c3ccccc3F)c3c2CCC3)c1. The fourth-order valence-electron chi connectivity index (χ4n) is 3.30. The quantitative estimate of drug-likeness (QED) is 0.787. The fraction of sp³-hybridized carbons (Fsp3) is 0.150. The number of nitrogens with zero attached hydrogens (tertiary/aromatic N) is 3. The Kier molecular flexibility index (Phi) is 3.98. The van der Waals surface area contributed by atoms with Gasteiger partial charge in [-0.3, -0.25) is 4.79 Å². The van der Waals surface area contributed by atoms with Gasteiger partial charge in [-0.1, -0.05) is 18.2 Å². The van der Waals surface area contributed by atoms with Gasteiger partial charge in [0.1, 0.15) is 11.5 Å². The third-order valence-corrected chi connectivity index (χ3v) is 4.48. The van der Waals surface area contributed by atoms with Crippen LogP contribution in [0.2, 0.25) is 0 Å². The van der Waals surface area contributed by atoms with E-state index in [0.717, 1.165) is 30.5 Å². The molecular formula is C20H15FN4O. The second kappa shape index (κ2) is 6.45. The van der Waals surface area contributed by atoms with Crippen molar-refractivity contribution in [2.75, 3.05) is 5.32 Å². The lowest BCUT2D eigenvalue weighted by atomic mass is 10.1. The molecule has 0 spiro atoms. The number of carbonyl (C=O) groups excluding carboxylic acids is 1. The zero-order valence-electron chi connectivity index (χ0n) is 13.9. The molecule has 0 fully saturated rings. The lowest BCUT2D eigenvalue weighted by Crippen LogP contribution is -2.15. The van der Waals surface area contributed by atoms with E-state index >= 15 is 0 Å². The van der Waals surface area contributed by atoms with Crippen molar-refractivity contribution in [2.24, 2.45) is 0 Å². The molecule has 0 saturated carbocycles. The van der Waals surface area contributed by atoms with E-state index in [0.29, 0.717) is 22.6 Å². The van der Waals surface area contributed by atoms with Gasteiger partial charge in [-0.2, -0.15) is 10.4 Å². The number of carbonyl (C=O) groups is 1. The van der Waals surface area contributed by atoms with Crippen molar-refractivity contribution >= 4 is 11.6 Å². The van der Waals surface area contributed by atoms with Gasteiger partial charge in [0.15, 0.2) is 5.69 Å². The number of benzene rings is 2. The summed E-state index contributed by atoms with van der Waals surface area (Å²) in [6.45, 7) is 0. The first-order valence-corrected chi connectivity index (χ1v) is 8.34. The van der Waals surface area contributed by atoms with Gasteiger partial charge in [0, 0.05) is 16.9 Å². The average Bonchev–Trinajstić information content (AvgIpc) is 3.25. The lowest BCUT2D eigenvalue weighted by Gasteiger charge is -2.06. The van der Waals surface area contributed by atoms with E-state index in [9.17, 15) is 9.18 Å². The number of rotatable bonds is 3. The molecule has 128 valence electrons. The van der Waals surface area contributed by atoms with Crippen molar-refractivity contribution in [3.05, 3.63) is 76.9 Å². The highest BCUT2D eigenvalue weighted by atomic mass is 19.1. The molecule has 6 heteroatoms. The summed E-state index contributed by atoms with van der Waals surface area (Å²) in [6.07, 6.45) is 2.41. The number of nitrogens with one attached hydrogen (secondary N) is 1. The van der Waals surface area contributed by atoms with Crippen molar-refractivity contribution in [1.29, 1.82) is 5.26 Å². The van der Waals surface area contributed by atoms with Gasteiger partial charge >= 0.3 is 0 Å². The highest BCUT2D eigenvalue weighted by Gasteiger charge is 2.27. The third-order valence-electron chi connectivity index (χ3n) is 4.48. The van der Waals surface area contributed by atoms with E-state index in [1.165, 1.54) is 10.7 Å². The van der Waals surface area contributed by atoms with Crippen LogP contribution in [0.5, 0.6) is 0 Å². The molecule has 26 heavy (non-hydrogen) atoms. The van der Waals surface area contributed by atoms with E-state index in [1.54, 1.807) is 42.5 Å². The Bertz CT molecular complexity index is 1050. The average molecular weight is 346 g/mol. The Balaban J connectivity index is 1.71. The minimum absolute atomic E-state index is 0.308. The Hall–Kier alpha value is -3.46. The Labute approximate surface area is 149 Å². The molecule has 0 atom stereocenters. The second-order valence-corrected chi connectivity index (χ2v) is 6.14. The number of aromatic nitrogens is 2. The van der Waals surface area contributed by atoms with Crippen molar-refractivity contribution in [1.82, 2.24) is 9.78 Å². The van der Waals surface area contributed by atoms with Gasteiger partial charge in [-0.25, -0.2) is 9.07 Å². The predicted octanol–water partition coefficient (Wildman–Crippen LogP) is 3.62. The number of fused-ring (bicyclic) bond motifs is 1. The number of nitriles is 1. The van der Waals surface area contributed by atoms with Crippen molar-refractivity contribution in [3.63, 3.8) is 0 Å². The molecule has 1 N–H and O–H groups in total. The number of hydrogen-bond acceptors (Lipinski definition) is 3. The van der Waals surface area contributed by atoms with Crippen LogP contribution in [-0.2, 0) is 12.8 Å². The number of amides is 1. The van der Waals surface area contributed by atoms with E-state index in [2.05, 4.69) is 10.4 Å². The third kappa shape index (κ3) is 2.74. The van der Waals surface area contributed by atoms with Crippen LogP contribution in [0.15, 0.2) is 48.5 Å². The molecule has 2 aromatic carbocycles. The summed E-state index contributed by atoms with van der Waals surface area (Å²) in [5.41, 5.74) is 3.39. The van der Waals surface area contributed by atoms with E-state index < -0.39 is 0 Å². The molecule has 1 aliphatic carbocycles. The summed E-state index contributed by atoms with van der Waals surface area (Å²) in [6, 6.07) is 15.1. The summed E-state index contributed by atoms with van der Waals surface area (Å²) < 4.78 is 15.7. The summed E-state index contributed by atoms with van der Waals surface area (Å²) >= 11 is 0. The predicted molar refractivity (Wildman–Crippen MR) is 94.7 cm³/mol. The lowest BCUT2D eigenvalue weighted by molar-refractivity contribution is 0.102. The van der Waals surface area contributed by atoms with Gasteiger partial charge in [-0.05, 0) is 49.6 Å². The van der Waals surface area contributed by atoms with Crippen molar-refractivity contribution in [3.8, 4) is 11.8 Å². The van der Waals surface area contributed by atoms with E-state index in [4.69, 9.17) is 5.26 Å². The number of para-hydroxylation sites is 1. The van der Waals surface area contributed by atoms with Crippen LogP contribution in [0.4, 0.5) is 10.1 Å². The first-order valence-electron chi connectivity index (χ1n) is 8.34. The van der Waals surface area contributed by atoms with Crippen LogP contribution in [0.1, 0.15) is 33.7 Å². The molecule has 1 aliphatic rings. The van der Waals surface area contributed by atoms with Gasteiger partial charge in [0.05, 0.1) is 11.6 Å². The van der Waals surface area contributed by atoms with Crippen LogP contribution in [0, 0.1) is 17.1 Å². The van der Waals surface area contributed by atoms with Gasteiger partial charge in [0.2, 0.25) is 0 Å². The molecule has 3 aromatic rings. The Morgan fingerprint density at radius 2 is 2.04 bits per heavy atom. The molecule has 0 saturated heterocycles. The van der Waals surface area contributed by atoms with Crippen LogP contribution in [-0.4, -0.2) is 15.7 Å². The molecule has 0 unspecified atom stereocenters. The van der Waals surface area contributed by atoms with Crippen LogP contribution < -0.4 is 5.32 Å². The monoisotopic (exact) mass is 346 g/mol. The second-order valence-electron chi connectivity index (χ2n) is 6.14. The molecule has 0 bridgehead atoms. The molecule has 5 nitrogen and oxygen atoms in total. The summed E-state index contributed by atoms with van der Waals surface area (Å²) in [5.74, 6) is -0.730. The maximum Gasteiger partial charge on any atom is 0.276 e. The van der Waals surface area contributed by atoms with Crippen LogP contribution >= 0.6 is 0 Å². The zero-order chi connectivity index (χ0) is 18.1. The Morgan fingerprint density at radius 1 is 1.19 bits per heavy atom. The summed E-state index contributed by atoms with van der Waals surface area (Å²) in [5, 5.41) is 16.2. The minimum Gasteiger partial charge on any atom is -0.321 e. The van der Waals surface area contributed by atoms with Gasteiger partial charge < -0.3 is 5.32 Å². The van der Waals surface area contributed by atoms with Crippen molar-refractivity contribution < 1.29 is 9.18 Å². The molecule has 1 heterocycles. The van der Waals surface area contributed by atoms with E-state index in [1.807, 2.05) is 6.07 Å². The largest absolute Gasteiger partial charge is 0.321 e. The zero-order valence-corrected chi connectivity index (χ0v) is 13.9. The fourth-order valence-corrected chi connectivity index (χ4v) is 3.30. The molecule has 1 amide bonds. The Morgan fingerprint density at radius 3 is 2.85 bits per heavy atom. The highest BCUT2D eigenvalue weighted by Crippen LogP contribution is 2.29. The van der Waals surface area contributed by atoms with E-state index in [-0.39, 0.29) is 11.7 Å². The molecular weight excluding hydrogens is 331 g/mol. The van der Waals surface area contributed by atoms with Crippen molar-refractivity contribution in [2.45, 2.75) is 19.3 Å². The summed E-state index contributed by atoms with van der Waals surface area (Å²) in [4.78, 5) is 12.7.